The molecule has 0 aromatic carbocycles. The first-order valence-electron chi connectivity index (χ1n) is 9.05. The lowest BCUT2D eigenvalue weighted by Gasteiger charge is -2.44. The molecule has 0 aromatic heterocycles. The summed E-state index contributed by atoms with van der Waals surface area (Å²) in [7, 11) is 0. The molecule has 2 unspecified atom stereocenters. The molecule has 3 rings (SSSR count). The maximum atomic E-state index is 2.40. The smallest absolute Gasteiger partial charge is 0.0406 e. The van der Waals surface area contributed by atoms with E-state index >= 15 is 0 Å². The molecule has 0 spiro atoms. The monoisotopic (exact) mass is 268 g/mol. The van der Waals surface area contributed by atoms with Gasteiger partial charge in [0.25, 0.3) is 0 Å². The average Bonchev–Trinajstić information content (AvgIpc) is 2.40. The van der Waals surface area contributed by atoms with Crippen molar-refractivity contribution in [2.45, 2.75) is 93.4 Å². The lowest BCUT2D eigenvalue weighted by molar-refractivity contribution is 0.0750. The van der Waals surface area contributed by atoms with E-state index in [1.54, 1.807) is 12.8 Å². The van der Waals surface area contributed by atoms with Crippen LogP contribution in [0.5, 0.6) is 0 Å². The molecule has 116 valence electrons. The highest BCUT2D eigenvalue weighted by Gasteiger charge is 2.35. The van der Waals surface area contributed by atoms with Gasteiger partial charge in [-0.1, -0.05) is 61.3 Å². The van der Waals surface area contributed by atoms with E-state index in [9.17, 15) is 0 Å². The molecule has 3 fully saturated rings. The first-order valence-corrected chi connectivity index (χ1v) is 9.05. The molecule has 0 aliphatic heterocycles. The zero-order valence-corrected chi connectivity index (χ0v) is 14.8. The second kappa shape index (κ2) is 10.7. The van der Waals surface area contributed by atoms with Gasteiger partial charge in [0.05, 0.1) is 0 Å². The van der Waals surface area contributed by atoms with Gasteiger partial charge < -0.3 is 0 Å². The SMILES string of the molecule is CC.CC1CC2CC(C1)C2.CCC(C)CC(C)CC. The molecule has 0 aromatic rings. The van der Waals surface area contributed by atoms with Crippen molar-refractivity contribution >= 4 is 0 Å². The van der Waals surface area contributed by atoms with Crippen molar-refractivity contribution in [3.8, 4) is 0 Å². The number of hydrogen-bond acceptors (Lipinski definition) is 0. The molecule has 3 saturated carbocycles. The van der Waals surface area contributed by atoms with Gasteiger partial charge in [-0.15, -0.1) is 0 Å². The van der Waals surface area contributed by atoms with Gasteiger partial charge in [-0.25, -0.2) is 0 Å². The van der Waals surface area contributed by atoms with Gasteiger partial charge in [0, 0.05) is 0 Å². The first-order chi connectivity index (χ1) is 9.05. The molecule has 19 heavy (non-hydrogen) atoms. The van der Waals surface area contributed by atoms with E-state index in [0.717, 1.165) is 29.6 Å². The standard InChI is InChI=1S/C9H20.C8H14.C2H6/c1-5-8(3)7-9(4)6-2;1-6-2-7-4-8(3-6)5-7;1-2/h8-9H,5-7H2,1-4H3;6-8H,2-5H2,1H3;1-2H3. The van der Waals surface area contributed by atoms with Crippen LogP contribution in [-0.4, -0.2) is 0 Å². The molecule has 2 atom stereocenters. The van der Waals surface area contributed by atoms with Crippen molar-refractivity contribution in [1.29, 1.82) is 0 Å². The maximum absolute atomic E-state index is 2.40. The minimum atomic E-state index is 0.931. The van der Waals surface area contributed by atoms with E-state index in [2.05, 4.69) is 34.6 Å². The summed E-state index contributed by atoms with van der Waals surface area (Å²) in [6.45, 7) is 15.6. The lowest BCUT2D eigenvalue weighted by atomic mass is 9.62. The van der Waals surface area contributed by atoms with Crippen LogP contribution in [0.3, 0.4) is 0 Å². The van der Waals surface area contributed by atoms with Crippen LogP contribution >= 0.6 is 0 Å². The quantitative estimate of drug-likeness (QED) is 0.518. The molecular weight excluding hydrogens is 228 g/mol. The minimum absolute atomic E-state index is 0.931. The van der Waals surface area contributed by atoms with Gasteiger partial charge in [-0.05, 0) is 61.7 Å². The van der Waals surface area contributed by atoms with Crippen LogP contribution in [0, 0.1) is 29.6 Å². The molecule has 0 amide bonds. The Bertz CT molecular complexity index is 172. The summed E-state index contributed by atoms with van der Waals surface area (Å²) in [4.78, 5) is 0. The van der Waals surface area contributed by atoms with E-state index in [1.807, 2.05) is 13.8 Å². The topological polar surface area (TPSA) is 0 Å². The molecule has 2 bridgehead atoms. The fourth-order valence-electron chi connectivity index (χ4n) is 3.51. The average molecular weight is 269 g/mol. The third kappa shape index (κ3) is 8.00. The predicted molar refractivity (Wildman–Crippen MR) is 89.5 cm³/mol. The Morgan fingerprint density at radius 1 is 0.789 bits per heavy atom. The molecule has 0 heteroatoms. The molecule has 0 saturated heterocycles. The summed E-state index contributed by atoms with van der Waals surface area (Å²) < 4.78 is 0. The van der Waals surface area contributed by atoms with E-state index in [0.29, 0.717) is 0 Å². The summed E-state index contributed by atoms with van der Waals surface area (Å²) in [5, 5.41) is 0. The lowest BCUT2D eigenvalue weighted by Crippen LogP contribution is -2.32. The maximum Gasteiger partial charge on any atom is -0.0406 e. The Morgan fingerprint density at radius 2 is 1.16 bits per heavy atom. The molecule has 0 nitrogen and oxygen atoms in total. The van der Waals surface area contributed by atoms with Gasteiger partial charge >= 0.3 is 0 Å². The Labute approximate surface area is 123 Å². The second-order valence-electron chi connectivity index (χ2n) is 7.04. The number of hydrogen-bond donors (Lipinski definition) is 0. The minimum Gasteiger partial charge on any atom is -0.0683 e. The summed E-state index contributed by atoms with van der Waals surface area (Å²) >= 11 is 0. The van der Waals surface area contributed by atoms with E-state index in [-0.39, 0.29) is 0 Å². The van der Waals surface area contributed by atoms with Gasteiger partial charge in [-0.3, -0.25) is 0 Å². The van der Waals surface area contributed by atoms with Crippen molar-refractivity contribution in [3.63, 3.8) is 0 Å². The highest BCUT2D eigenvalue weighted by Crippen LogP contribution is 2.47. The molecule has 3 aliphatic rings. The fourth-order valence-corrected chi connectivity index (χ4v) is 3.51. The molecular formula is C19H40. The van der Waals surface area contributed by atoms with Crippen LogP contribution < -0.4 is 0 Å². The Morgan fingerprint density at radius 3 is 1.37 bits per heavy atom. The zero-order valence-electron chi connectivity index (χ0n) is 14.8. The van der Waals surface area contributed by atoms with Crippen LogP contribution in [0.1, 0.15) is 93.4 Å². The summed E-state index contributed by atoms with van der Waals surface area (Å²) in [5.41, 5.74) is 0. The summed E-state index contributed by atoms with van der Waals surface area (Å²) in [5.74, 6) is 5.24. The van der Waals surface area contributed by atoms with Crippen molar-refractivity contribution in [1.82, 2.24) is 0 Å². The number of fused-ring (bicyclic) bond motifs is 2. The third-order valence-corrected chi connectivity index (χ3v) is 5.00. The Kier molecular flexibility index (Phi) is 10.7. The molecule has 0 radical (unpaired) electrons. The Balaban J connectivity index is 0.000000302. The zero-order chi connectivity index (χ0) is 14.8. The highest BCUT2D eigenvalue weighted by molar-refractivity contribution is 4.87. The molecule has 3 aliphatic carbocycles. The molecule has 0 heterocycles. The van der Waals surface area contributed by atoms with Gasteiger partial charge in [0.1, 0.15) is 0 Å². The van der Waals surface area contributed by atoms with Gasteiger partial charge in [0.2, 0.25) is 0 Å². The normalized spacial score (nSPS) is 30.8. The highest BCUT2D eigenvalue weighted by atomic mass is 14.4. The second-order valence-corrected chi connectivity index (χ2v) is 7.04. The first kappa shape index (κ1) is 19.0. The molecule has 0 N–H and O–H groups in total. The predicted octanol–water partition coefficient (Wildman–Crippen LogP) is 6.94. The Hall–Kier alpha value is 0. The van der Waals surface area contributed by atoms with Crippen LogP contribution in [-0.2, 0) is 0 Å². The van der Waals surface area contributed by atoms with Crippen LogP contribution in [0.2, 0.25) is 0 Å². The summed E-state index contributed by atoms with van der Waals surface area (Å²) in [6, 6.07) is 0. The fraction of sp³-hybridized carbons (Fsp3) is 1.00. The van der Waals surface area contributed by atoms with Crippen molar-refractivity contribution in [2.75, 3.05) is 0 Å². The summed E-state index contributed by atoms with van der Waals surface area (Å²) in [6.07, 6.45) is 10.3. The van der Waals surface area contributed by atoms with E-state index in [4.69, 9.17) is 0 Å². The van der Waals surface area contributed by atoms with Crippen LogP contribution in [0.15, 0.2) is 0 Å². The van der Waals surface area contributed by atoms with Crippen molar-refractivity contribution < 1.29 is 0 Å². The van der Waals surface area contributed by atoms with E-state index in [1.165, 1.54) is 32.1 Å². The van der Waals surface area contributed by atoms with Crippen LogP contribution in [0.25, 0.3) is 0 Å². The van der Waals surface area contributed by atoms with Gasteiger partial charge in [-0.2, -0.15) is 0 Å². The van der Waals surface area contributed by atoms with Crippen molar-refractivity contribution in [3.05, 3.63) is 0 Å². The number of rotatable bonds is 4. The van der Waals surface area contributed by atoms with E-state index < -0.39 is 0 Å². The largest absolute Gasteiger partial charge is 0.0683 e. The van der Waals surface area contributed by atoms with Gasteiger partial charge in [0.15, 0.2) is 0 Å². The van der Waals surface area contributed by atoms with Crippen LogP contribution in [0.4, 0.5) is 0 Å². The third-order valence-electron chi connectivity index (χ3n) is 5.00. The van der Waals surface area contributed by atoms with Crippen molar-refractivity contribution in [2.24, 2.45) is 29.6 Å².